The Labute approximate surface area is 113 Å². The van der Waals surface area contributed by atoms with E-state index in [1.807, 2.05) is 0 Å². The normalized spacial score (nSPS) is 25.5. The second-order valence-corrected chi connectivity index (χ2v) is 5.75. The number of ether oxygens (including phenoxy) is 1. The Hall–Kier alpha value is 1.01. The van der Waals surface area contributed by atoms with Gasteiger partial charge in [0.05, 0.1) is 0 Å². The molecule has 0 atom stereocenters. The van der Waals surface area contributed by atoms with E-state index >= 15 is 0 Å². The van der Waals surface area contributed by atoms with Crippen LogP contribution in [-0.2, 0) is 4.74 Å². The Morgan fingerprint density at radius 2 is 1.57 bits per heavy atom. The van der Waals surface area contributed by atoms with Crippen LogP contribution in [0.5, 0.6) is 0 Å². The van der Waals surface area contributed by atoms with Crippen molar-refractivity contribution in [2.45, 2.75) is 47.0 Å². The van der Waals surface area contributed by atoms with Crippen molar-refractivity contribution in [2.75, 3.05) is 6.61 Å². The van der Waals surface area contributed by atoms with Crippen LogP contribution in [0.3, 0.4) is 0 Å². The van der Waals surface area contributed by atoms with Gasteiger partial charge in [-0.2, -0.15) is 6.10 Å². The van der Waals surface area contributed by atoms with E-state index in [1.54, 1.807) is 0 Å². The summed E-state index contributed by atoms with van der Waals surface area (Å²) in [6, 6.07) is 0. The first-order valence-electron chi connectivity index (χ1n) is 5.11. The number of hydrogen-bond donors (Lipinski definition) is 0. The van der Waals surface area contributed by atoms with E-state index in [2.05, 4.69) is 34.6 Å². The molecule has 80 valence electrons. The number of rotatable bonds is 2. The molecule has 0 N–H and O–H groups in total. The molecule has 0 aromatic heterocycles. The summed E-state index contributed by atoms with van der Waals surface area (Å²) in [5.74, 6) is 0. The molecule has 0 bridgehead atoms. The van der Waals surface area contributed by atoms with Crippen LogP contribution < -0.4 is 0 Å². The molecule has 0 spiro atoms. The van der Waals surface area contributed by atoms with Gasteiger partial charge >= 0.3 is 31.1 Å². The smallest absolute Gasteiger partial charge is 0.575 e. The van der Waals surface area contributed by atoms with Crippen molar-refractivity contribution in [1.29, 1.82) is 0 Å². The Morgan fingerprint density at radius 3 is 1.93 bits per heavy atom. The molecule has 0 heterocycles. The van der Waals surface area contributed by atoms with Gasteiger partial charge in [-0.1, -0.05) is 38.5 Å². The second-order valence-electron chi connectivity index (χ2n) is 5.75. The maximum absolute atomic E-state index is 5.56. The Morgan fingerprint density at radius 1 is 1.14 bits per heavy atom. The molecule has 0 aromatic rings. The van der Waals surface area contributed by atoms with Gasteiger partial charge < -0.3 is 11.7 Å². The Bertz CT molecular complexity index is 159. The minimum atomic E-state index is 0. The molecule has 14 heavy (non-hydrogen) atoms. The summed E-state index contributed by atoms with van der Waals surface area (Å²) in [7, 11) is 0. The van der Waals surface area contributed by atoms with Gasteiger partial charge in [0.15, 0.2) is 0 Å². The van der Waals surface area contributed by atoms with Crippen molar-refractivity contribution in [2.24, 2.45) is 10.8 Å². The van der Waals surface area contributed by atoms with E-state index in [0.717, 1.165) is 12.8 Å². The van der Waals surface area contributed by atoms with Crippen molar-refractivity contribution < 1.29 is 35.9 Å². The third kappa shape index (κ3) is 4.69. The van der Waals surface area contributed by atoms with Crippen LogP contribution in [-0.4, -0.2) is 6.61 Å². The molecule has 1 nitrogen and oxygen atoms in total. The molecule has 1 rings (SSSR count). The summed E-state index contributed by atoms with van der Waals surface area (Å²) in [4.78, 5) is 0. The molecule has 0 saturated heterocycles. The van der Waals surface area contributed by atoms with Crippen LogP contribution in [0.15, 0.2) is 0 Å². The average molecular weight is 420 g/mol. The van der Waals surface area contributed by atoms with Gasteiger partial charge in [-0.3, -0.25) is 0 Å². The molecule has 0 aliphatic heterocycles. The zero-order valence-electron chi connectivity index (χ0n) is 9.94. The van der Waals surface area contributed by atoms with E-state index in [4.69, 9.17) is 4.74 Å². The molecule has 1 saturated carbocycles. The van der Waals surface area contributed by atoms with Crippen molar-refractivity contribution in [3.8, 4) is 0 Å². The summed E-state index contributed by atoms with van der Waals surface area (Å²) >= 11 is 0. The van der Waals surface area contributed by atoms with Gasteiger partial charge in [-0.05, 0) is 6.42 Å². The van der Waals surface area contributed by atoms with Crippen LogP contribution in [0.4, 0.5) is 0 Å². The molecule has 2 heteroatoms. The Balaban J connectivity index is 0.00000169. The molecule has 1 fully saturated rings. The summed E-state index contributed by atoms with van der Waals surface area (Å²) in [6.07, 6.45) is 4.73. The van der Waals surface area contributed by atoms with Gasteiger partial charge in [0.25, 0.3) is 0 Å². The van der Waals surface area contributed by atoms with Crippen LogP contribution in [0.2, 0.25) is 0 Å². The minimum absolute atomic E-state index is 0. The minimum Gasteiger partial charge on any atom is -0.575 e. The fourth-order valence-corrected chi connectivity index (χ4v) is 2.80. The van der Waals surface area contributed by atoms with Crippen molar-refractivity contribution in [3.63, 3.8) is 0 Å². The summed E-state index contributed by atoms with van der Waals surface area (Å²) in [5, 5.41) is 0. The van der Waals surface area contributed by atoms with E-state index in [1.165, 1.54) is 12.5 Å². The van der Waals surface area contributed by atoms with Gasteiger partial charge in [0.1, 0.15) is 0 Å². The van der Waals surface area contributed by atoms with Crippen LogP contribution >= 0.6 is 0 Å². The van der Waals surface area contributed by atoms with Crippen molar-refractivity contribution >= 4 is 0 Å². The van der Waals surface area contributed by atoms with E-state index in [-0.39, 0.29) is 31.1 Å². The maximum atomic E-state index is 5.56. The average Bonchev–Trinajstić information content (AvgIpc) is 1.78. The first kappa shape index (κ1) is 15.0. The first-order valence-corrected chi connectivity index (χ1v) is 5.11. The van der Waals surface area contributed by atoms with Crippen LogP contribution in [0.25, 0.3) is 0 Å². The van der Waals surface area contributed by atoms with Gasteiger partial charge in [-0.25, -0.2) is 0 Å². The summed E-state index contributed by atoms with van der Waals surface area (Å²) < 4.78 is 5.56. The first-order chi connectivity index (χ1) is 5.85. The van der Waals surface area contributed by atoms with E-state index < -0.39 is 0 Å². The van der Waals surface area contributed by atoms with Gasteiger partial charge in [0.2, 0.25) is 0 Å². The van der Waals surface area contributed by atoms with Crippen LogP contribution in [0.1, 0.15) is 47.0 Å². The largest absolute Gasteiger partial charge is 2.00 e. The molecule has 0 aromatic carbocycles. The van der Waals surface area contributed by atoms with E-state index in [0.29, 0.717) is 17.4 Å². The molecule has 0 amide bonds. The third-order valence-corrected chi connectivity index (χ3v) is 2.61. The molecular weight excluding hydrogens is 398 g/mol. The molecular formula is C12H22OU. The van der Waals surface area contributed by atoms with Crippen molar-refractivity contribution in [1.82, 2.24) is 0 Å². The fourth-order valence-electron chi connectivity index (χ4n) is 2.80. The number of hydrogen-bond acceptors (Lipinski definition) is 1. The van der Waals surface area contributed by atoms with Gasteiger partial charge in [-0.15, -0.1) is 19.4 Å². The summed E-state index contributed by atoms with van der Waals surface area (Å²) in [5.41, 5.74) is 0.790. The predicted octanol–water partition coefficient (Wildman–Crippen LogP) is 3.61. The molecule has 1 aliphatic rings. The van der Waals surface area contributed by atoms with Crippen LogP contribution in [0, 0.1) is 55.0 Å². The zero-order chi connectivity index (χ0) is 10.1. The zero-order valence-corrected chi connectivity index (χ0v) is 14.1. The SMILES string of the molecule is [CH2-]CO[C-]1CC(C)(C)CC(C)(C)C1.[U+2]. The third-order valence-electron chi connectivity index (χ3n) is 2.61. The Kier molecular flexibility index (Phi) is 5.76. The predicted molar refractivity (Wildman–Crippen MR) is 56.0 cm³/mol. The molecule has 1 aliphatic carbocycles. The molecule has 0 radical (unpaired) electrons. The second kappa shape index (κ2) is 5.37. The topological polar surface area (TPSA) is 9.23 Å². The fraction of sp³-hybridized carbons (Fsp3) is 0.833. The van der Waals surface area contributed by atoms with E-state index in [9.17, 15) is 0 Å². The van der Waals surface area contributed by atoms with Crippen molar-refractivity contribution in [3.05, 3.63) is 13.0 Å². The molecule has 0 unspecified atom stereocenters. The monoisotopic (exact) mass is 420 g/mol. The standard InChI is InChI=1S/C12H22O.U/c1-6-13-10-7-11(2,3)9-12(4,5)8-10;/h1,6-9H2,2-5H3;/q-2;+2. The summed E-state index contributed by atoms with van der Waals surface area (Å²) in [6.45, 7) is 13.6. The van der Waals surface area contributed by atoms with Gasteiger partial charge in [0, 0.05) is 0 Å². The maximum Gasteiger partial charge on any atom is 2.00 e. The quantitative estimate of drug-likeness (QED) is 0.621.